The Morgan fingerprint density at radius 2 is 1.90 bits per heavy atom. The van der Waals surface area contributed by atoms with Crippen LogP contribution in [0, 0.1) is 0 Å². The molecular weight excluding hydrogens is 268 g/mol. The summed E-state index contributed by atoms with van der Waals surface area (Å²) in [5, 5.41) is 3.40. The molecule has 5 nitrogen and oxygen atoms in total. The second kappa shape index (κ2) is 7.22. The van der Waals surface area contributed by atoms with Crippen LogP contribution in [0.15, 0.2) is 24.3 Å². The van der Waals surface area contributed by atoms with Crippen molar-refractivity contribution < 1.29 is 14.3 Å². The quantitative estimate of drug-likeness (QED) is 0.779. The van der Waals surface area contributed by atoms with Crippen LogP contribution in [0.2, 0.25) is 0 Å². The van der Waals surface area contributed by atoms with Gasteiger partial charge in [-0.2, -0.15) is 0 Å². The number of amides is 2. The molecule has 114 valence electrons. The maximum Gasteiger partial charge on any atom is 0.229 e. The highest BCUT2D eigenvalue weighted by Crippen LogP contribution is 2.27. The van der Waals surface area contributed by atoms with Crippen LogP contribution in [0.3, 0.4) is 0 Å². The van der Waals surface area contributed by atoms with E-state index in [1.165, 1.54) is 4.90 Å². The Bertz CT molecular complexity index is 500. The number of carbonyl (C=O) groups is 2. The van der Waals surface area contributed by atoms with Crippen LogP contribution in [0.25, 0.3) is 0 Å². The standard InChI is InChI=1S/C16H22N2O3/c1-3-10-17-13(11-18-15(19)8-9-16(18)20)12-6-4-5-7-14(12)21-2/h4-7,13,17H,3,8-11H2,1-2H3. The van der Waals surface area contributed by atoms with Crippen LogP contribution in [-0.4, -0.2) is 36.9 Å². The van der Waals surface area contributed by atoms with Crippen molar-refractivity contribution in [3.63, 3.8) is 0 Å². The zero-order chi connectivity index (χ0) is 15.2. The molecule has 0 saturated carbocycles. The van der Waals surface area contributed by atoms with Gasteiger partial charge in [0, 0.05) is 24.9 Å². The number of para-hydroxylation sites is 1. The number of likely N-dealkylation sites (tertiary alicyclic amines) is 1. The Morgan fingerprint density at radius 3 is 2.52 bits per heavy atom. The lowest BCUT2D eigenvalue weighted by molar-refractivity contribution is -0.138. The lowest BCUT2D eigenvalue weighted by Crippen LogP contribution is -2.38. The third-order valence-electron chi connectivity index (χ3n) is 3.68. The Kier molecular flexibility index (Phi) is 5.33. The number of hydrogen-bond donors (Lipinski definition) is 1. The monoisotopic (exact) mass is 290 g/mol. The van der Waals surface area contributed by atoms with E-state index < -0.39 is 0 Å². The van der Waals surface area contributed by atoms with Crippen molar-refractivity contribution >= 4 is 11.8 Å². The van der Waals surface area contributed by atoms with Gasteiger partial charge in [0.25, 0.3) is 0 Å². The highest BCUT2D eigenvalue weighted by molar-refractivity contribution is 6.01. The largest absolute Gasteiger partial charge is 0.496 e. The number of imide groups is 1. The summed E-state index contributed by atoms with van der Waals surface area (Å²) in [6.45, 7) is 3.26. The zero-order valence-corrected chi connectivity index (χ0v) is 12.6. The molecule has 1 aromatic carbocycles. The molecule has 1 atom stereocenters. The van der Waals surface area contributed by atoms with E-state index in [0.29, 0.717) is 19.4 Å². The summed E-state index contributed by atoms with van der Waals surface area (Å²) in [6.07, 6.45) is 1.63. The summed E-state index contributed by atoms with van der Waals surface area (Å²) in [6, 6.07) is 7.60. The summed E-state index contributed by atoms with van der Waals surface area (Å²) in [5.41, 5.74) is 0.973. The van der Waals surface area contributed by atoms with Crippen molar-refractivity contribution in [2.45, 2.75) is 32.2 Å². The van der Waals surface area contributed by atoms with Gasteiger partial charge in [-0.1, -0.05) is 25.1 Å². The number of nitrogens with one attached hydrogen (secondary N) is 1. The Hall–Kier alpha value is -1.88. The van der Waals surface area contributed by atoms with Crippen molar-refractivity contribution in [2.75, 3.05) is 20.2 Å². The molecule has 0 radical (unpaired) electrons. The molecule has 1 aliphatic heterocycles. The SMILES string of the molecule is CCCNC(CN1C(=O)CCC1=O)c1ccccc1OC. The zero-order valence-electron chi connectivity index (χ0n) is 12.6. The second-order valence-corrected chi connectivity index (χ2v) is 5.15. The smallest absolute Gasteiger partial charge is 0.229 e. The van der Waals surface area contributed by atoms with Crippen LogP contribution >= 0.6 is 0 Å². The van der Waals surface area contributed by atoms with Gasteiger partial charge in [-0.25, -0.2) is 0 Å². The first kappa shape index (κ1) is 15.5. The molecule has 1 heterocycles. The maximum atomic E-state index is 11.8. The minimum absolute atomic E-state index is 0.0850. The molecule has 0 aliphatic carbocycles. The first-order valence-corrected chi connectivity index (χ1v) is 7.36. The van der Waals surface area contributed by atoms with Crippen molar-refractivity contribution in [3.05, 3.63) is 29.8 Å². The van der Waals surface area contributed by atoms with E-state index in [9.17, 15) is 9.59 Å². The average Bonchev–Trinajstić information content (AvgIpc) is 2.82. The van der Waals surface area contributed by atoms with Gasteiger partial charge in [0.05, 0.1) is 13.2 Å². The third-order valence-corrected chi connectivity index (χ3v) is 3.68. The predicted molar refractivity (Wildman–Crippen MR) is 80.0 cm³/mol. The molecule has 2 rings (SSSR count). The summed E-state index contributed by atoms with van der Waals surface area (Å²) >= 11 is 0. The predicted octanol–water partition coefficient (Wildman–Crippen LogP) is 1.88. The van der Waals surface area contributed by atoms with Crippen LogP contribution < -0.4 is 10.1 Å². The molecule has 1 saturated heterocycles. The molecule has 0 bridgehead atoms. The fourth-order valence-electron chi connectivity index (χ4n) is 2.55. The van der Waals surface area contributed by atoms with Crippen LogP contribution in [0.4, 0.5) is 0 Å². The van der Waals surface area contributed by atoms with Gasteiger partial charge in [-0.05, 0) is 19.0 Å². The van der Waals surface area contributed by atoms with E-state index in [4.69, 9.17) is 4.74 Å². The maximum absolute atomic E-state index is 11.8. The van der Waals surface area contributed by atoms with Crippen LogP contribution in [0.5, 0.6) is 5.75 Å². The topological polar surface area (TPSA) is 58.6 Å². The number of methoxy groups -OCH3 is 1. The lowest BCUT2D eigenvalue weighted by atomic mass is 10.0. The fourth-order valence-corrected chi connectivity index (χ4v) is 2.55. The first-order valence-electron chi connectivity index (χ1n) is 7.36. The Morgan fingerprint density at radius 1 is 1.24 bits per heavy atom. The van der Waals surface area contributed by atoms with Crippen molar-refractivity contribution in [1.29, 1.82) is 0 Å². The second-order valence-electron chi connectivity index (χ2n) is 5.15. The molecule has 1 fully saturated rings. The van der Waals surface area contributed by atoms with Gasteiger partial charge in [-0.3, -0.25) is 14.5 Å². The molecule has 1 N–H and O–H groups in total. The van der Waals surface area contributed by atoms with E-state index in [1.807, 2.05) is 24.3 Å². The number of hydrogen-bond acceptors (Lipinski definition) is 4. The van der Waals surface area contributed by atoms with Gasteiger partial charge in [0.2, 0.25) is 11.8 Å². The Labute approximate surface area is 125 Å². The Balaban J connectivity index is 2.21. The average molecular weight is 290 g/mol. The van der Waals surface area contributed by atoms with Gasteiger partial charge in [-0.15, -0.1) is 0 Å². The highest BCUT2D eigenvalue weighted by atomic mass is 16.5. The minimum Gasteiger partial charge on any atom is -0.496 e. The molecule has 1 aliphatic rings. The highest BCUT2D eigenvalue weighted by Gasteiger charge is 2.31. The van der Waals surface area contributed by atoms with Crippen molar-refractivity contribution in [3.8, 4) is 5.75 Å². The number of carbonyl (C=O) groups excluding carboxylic acids is 2. The summed E-state index contributed by atoms with van der Waals surface area (Å²) < 4.78 is 5.40. The van der Waals surface area contributed by atoms with E-state index in [0.717, 1.165) is 24.3 Å². The normalized spacial score (nSPS) is 16.4. The van der Waals surface area contributed by atoms with E-state index in [-0.39, 0.29) is 17.9 Å². The molecule has 5 heteroatoms. The molecule has 1 aromatic rings. The summed E-state index contributed by atoms with van der Waals surface area (Å²) in [7, 11) is 1.63. The fraction of sp³-hybridized carbons (Fsp3) is 0.500. The van der Waals surface area contributed by atoms with E-state index >= 15 is 0 Å². The first-order chi connectivity index (χ1) is 10.2. The number of rotatable bonds is 7. The van der Waals surface area contributed by atoms with Gasteiger partial charge >= 0.3 is 0 Å². The summed E-state index contributed by atoms with van der Waals surface area (Å²) in [4.78, 5) is 25.0. The molecular formula is C16H22N2O3. The van der Waals surface area contributed by atoms with E-state index in [2.05, 4.69) is 12.2 Å². The van der Waals surface area contributed by atoms with E-state index in [1.54, 1.807) is 7.11 Å². The number of nitrogens with zero attached hydrogens (tertiary/aromatic N) is 1. The van der Waals surface area contributed by atoms with Crippen LogP contribution in [0.1, 0.15) is 37.8 Å². The number of benzene rings is 1. The van der Waals surface area contributed by atoms with Crippen molar-refractivity contribution in [1.82, 2.24) is 10.2 Å². The molecule has 21 heavy (non-hydrogen) atoms. The van der Waals surface area contributed by atoms with Gasteiger partial charge in [0.1, 0.15) is 5.75 Å². The number of ether oxygens (including phenoxy) is 1. The third kappa shape index (κ3) is 3.61. The molecule has 1 unspecified atom stereocenters. The minimum atomic E-state index is -0.105. The molecule has 2 amide bonds. The summed E-state index contributed by atoms with van der Waals surface area (Å²) in [5.74, 6) is 0.599. The van der Waals surface area contributed by atoms with Crippen molar-refractivity contribution in [2.24, 2.45) is 0 Å². The molecule has 0 aromatic heterocycles. The van der Waals surface area contributed by atoms with Gasteiger partial charge in [0.15, 0.2) is 0 Å². The molecule has 0 spiro atoms. The lowest BCUT2D eigenvalue weighted by Gasteiger charge is -2.25. The van der Waals surface area contributed by atoms with Gasteiger partial charge < -0.3 is 10.1 Å². The van der Waals surface area contributed by atoms with Crippen LogP contribution in [-0.2, 0) is 9.59 Å².